The maximum absolute atomic E-state index is 12.3. The van der Waals surface area contributed by atoms with Crippen LogP contribution in [-0.2, 0) is 6.54 Å². The van der Waals surface area contributed by atoms with E-state index in [2.05, 4.69) is 29.8 Å². The molecule has 0 aromatic heterocycles. The van der Waals surface area contributed by atoms with Crippen molar-refractivity contribution in [2.24, 2.45) is 0 Å². The van der Waals surface area contributed by atoms with Crippen LogP contribution in [0.1, 0.15) is 67.1 Å². The molecule has 5 heteroatoms. The molecule has 2 aromatic rings. The molecule has 0 saturated carbocycles. The standard InChI is InChI=1S/C23H31N3O2/c1-3-5-16-24-22(27)20-14-12-18(13-15-20)17-25-23(28)26-21(9-4-2)19-10-7-6-8-11-19/h6-8,10-15,21H,3-5,9,16-17H2,1-2H3,(H,24,27)(H2,25,26,28). The molecule has 0 spiro atoms. The van der Waals surface area contributed by atoms with Crippen LogP contribution in [0, 0.1) is 0 Å². The highest BCUT2D eigenvalue weighted by Gasteiger charge is 2.13. The van der Waals surface area contributed by atoms with Crippen molar-refractivity contribution in [3.63, 3.8) is 0 Å². The summed E-state index contributed by atoms with van der Waals surface area (Å²) in [6, 6.07) is 17.1. The number of hydrogen-bond donors (Lipinski definition) is 3. The molecule has 0 radical (unpaired) electrons. The van der Waals surface area contributed by atoms with Gasteiger partial charge < -0.3 is 16.0 Å². The molecule has 0 aliphatic heterocycles. The van der Waals surface area contributed by atoms with Gasteiger partial charge in [-0.2, -0.15) is 0 Å². The van der Waals surface area contributed by atoms with Crippen LogP contribution < -0.4 is 16.0 Å². The molecule has 0 saturated heterocycles. The number of unbranched alkanes of at least 4 members (excludes halogenated alkanes) is 1. The number of urea groups is 1. The minimum absolute atomic E-state index is 0.000364. The first-order valence-electron chi connectivity index (χ1n) is 10.1. The molecule has 0 aliphatic rings. The van der Waals surface area contributed by atoms with E-state index < -0.39 is 0 Å². The zero-order chi connectivity index (χ0) is 20.2. The van der Waals surface area contributed by atoms with Crippen LogP contribution in [0.5, 0.6) is 0 Å². The van der Waals surface area contributed by atoms with E-state index in [0.29, 0.717) is 18.7 Å². The van der Waals surface area contributed by atoms with Gasteiger partial charge in [0.25, 0.3) is 5.91 Å². The first kappa shape index (κ1) is 21.5. The maximum atomic E-state index is 12.3. The van der Waals surface area contributed by atoms with Gasteiger partial charge in [-0.3, -0.25) is 4.79 Å². The predicted molar refractivity (Wildman–Crippen MR) is 113 cm³/mol. The quantitative estimate of drug-likeness (QED) is 0.528. The minimum Gasteiger partial charge on any atom is -0.352 e. The fourth-order valence-corrected chi connectivity index (χ4v) is 2.94. The molecule has 0 bridgehead atoms. The molecular weight excluding hydrogens is 350 g/mol. The van der Waals surface area contributed by atoms with E-state index in [1.54, 1.807) is 12.1 Å². The summed E-state index contributed by atoms with van der Waals surface area (Å²) in [6.45, 7) is 5.31. The largest absolute Gasteiger partial charge is 0.352 e. The van der Waals surface area contributed by atoms with E-state index >= 15 is 0 Å². The molecule has 0 fully saturated rings. The topological polar surface area (TPSA) is 70.2 Å². The van der Waals surface area contributed by atoms with Gasteiger partial charge in [0.1, 0.15) is 0 Å². The van der Waals surface area contributed by atoms with Crippen molar-refractivity contribution in [3.8, 4) is 0 Å². The summed E-state index contributed by atoms with van der Waals surface area (Å²) < 4.78 is 0. The highest BCUT2D eigenvalue weighted by molar-refractivity contribution is 5.94. The summed E-state index contributed by atoms with van der Waals surface area (Å²) in [4.78, 5) is 24.3. The summed E-state index contributed by atoms with van der Waals surface area (Å²) in [6.07, 6.45) is 3.90. The van der Waals surface area contributed by atoms with Crippen LogP contribution in [0.2, 0.25) is 0 Å². The third kappa shape index (κ3) is 7.06. The Bertz CT molecular complexity index is 729. The Hall–Kier alpha value is -2.82. The Balaban J connectivity index is 1.83. The molecule has 0 heterocycles. The second kappa shape index (κ2) is 11.8. The number of rotatable bonds is 10. The molecule has 1 atom stereocenters. The molecule has 2 rings (SSSR count). The van der Waals surface area contributed by atoms with Gasteiger partial charge >= 0.3 is 6.03 Å². The zero-order valence-corrected chi connectivity index (χ0v) is 16.8. The summed E-state index contributed by atoms with van der Waals surface area (Å²) >= 11 is 0. The van der Waals surface area contributed by atoms with Gasteiger partial charge in [0.2, 0.25) is 0 Å². The SMILES string of the molecule is CCCCNC(=O)c1ccc(CNC(=O)NC(CCC)c2ccccc2)cc1. The number of hydrogen-bond acceptors (Lipinski definition) is 2. The lowest BCUT2D eigenvalue weighted by Crippen LogP contribution is -2.37. The Labute approximate surface area is 167 Å². The van der Waals surface area contributed by atoms with Crippen LogP contribution in [0.3, 0.4) is 0 Å². The van der Waals surface area contributed by atoms with Crippen molar-refractivity contribution in [2.45, 2.75) is 52.1 Å². The predicted octanol–water partition coefficient (Wildman–Crippen LogP) is 4.56. The second-order valence-corrected chi connectivity index (χ2v) is 6.89. The lowest BCUT2D eigenvalue weighted by Gasteiger charge is -2.19. The first-order chi connectivity index (χ1) is 13.6. The Morgan fingerprint density at radius 1 is 0.893 bits per heavy atom. The van der Waals surface area contributed by atoms with E-state index in [9.17, 15) is 9.59 Å². The number of carbonyl (C=O) groups excluding carboxylic acids is 2. The van der Waals surface area contributed by atoms with Crippen LogP contribution >= 0.6 is 0 Å². The van der Waals surface area contributed by atoms with Crippen LogP contribution in [0.15, 0.2) is 54.6 Å². The molecular formula is C23H31N3O2. The van der Waals surface area contributed by atoms with E-state index in [0.717, 1.165) is 36.8 Å². The van der Waals surface area contributed by atoms with Crippen LogP contribution in [0.4, 0.5) is 4.79 Å². The third-order valence-electron chi connectivity index (χ3n) is 4.57. The highest BCUT2D eigenvalue weighted by Crippen LogP contribution is 2.17. The summed E-state index contributed by atoms with van der Waals surface area (Å²) in [5.41, 5.74) is 2.70. The number of amides is 3. The molecule has 2 aromatic carbocycles. The van der Waals surface area contributed by atoms with Crippen LogP contribution in [0.25, 0.3) is 0 Å². The van der Waals surface area contributed by atoms with Crippen molar-refractivity contribution in [2.75, 3.05) is 6.54 Å². The first-order valence-corrected chi connectivity index (χ1v) is 10.1. The monoisotopic (exact) mass is 381 g/mol. The van der Waals surface area contributed by atoms with E-state index in [1.165, 1.54) is 0 Å². The normalized spacial score (nSPS) is 11.5. The summed E-state index contributed by atoms with van der Waals surface area (Å²) in [5.74, 6) is -0.0593. The van der Waals surface area contributed by atoms with Gasteiger partial charge in [0.05, 0.1) is 6.04 Å². The van der Waals surface area contributed by atoms with E-state index in [1.807, 2.05) is 42.5 Å². The van der Waals surface area contributed by atoms with Gasteiger partial charge in [-0.15, -0.1) is 0 Å². The zero-order valence-electron chi connectivity index (χ0n) is 16.8. The fourth-order valence-electron chi connectivity index (χ4n) is 2.94. The molecule has 3 N–H and O–H groups in total. The third-order valence-corrected chi connectivity index (χ3v) is 4.57. The molecule has 1 unspecified atom stereocenters. The van der Waals surface area contributed by atoms with Gasteiger partial charge in [-0.25, -0.2) is 4.79 Å². The summed E-state index contributed by atoms with van der Waals surface area (Å²) in [5, 5.41) is 8.85. The maximum Gasteiger partial charge on any atom is 0.315 e. The van der Waals surface area contributed by atoms with E-state index in [4.69, 9.17) is 0 Å². The average molecular weight is 382 g/mol. The van der Waals surface area contributed by atoms with Crippen molar-refractivity contribution >= 4 is 11.9 Å². The van der Waals surface area contributed by atoms with Crippen molar-refractivity contribution in [1.82, 2.24) is 16.0 Å². The van der Waals surface area contributed by atoms with Gasteiger partial charge in [0.15, 0.2) is 0 Å². The lowest BCUT2D eigenvalue weighted by atomic mass is 10.0. The smallest absolute Gasteiger partial charge is 0.315 e. The van der Waals surface area contributed by atoms with Gasteiger partial charge in [0, 0.05) is 18.7 Å². The van der Waals surface area contributed by atoms with Crippen molar-refractivity contribution in [1.29, 1.82) is 0 Å². The number of nitrogens with one attached hydrogen (secondary N) is 3. The Morgan fingerprint density at radius 2 is 1.61 bits per heavy atom. The van der Waals surface area contributed by atoms with Crippen LogP contribution in [-0.4, -0.2) is 18.5 Å². The van der Waals surface area contributed by atoms with Gasteiger partial charge in [-0.05, 0) is 36.1 Å². The number of benzene rings is 2. The Kier molecular flexibility index (Phi) is 9.05. The van der Waals surface area contributed by atoms with Crippen molar-refractivity contribution in [3.05, 3.63) is 71.3 Å². The van der Waals surface area contributed by atoms with Gasteiger partial charge in [-0.1, -0.05) is 69.2 Å². The number of carbonyl (C=O) groups is 2. The lowest BCUT2D eigenvalue weighted by molar-refractivity contribution is 0.0953. The fraction of sp³-hybridized carbons (Fsp3) is 0.391. The van der Waals surface area contributed by atoms with Crippen molar-refractivity contribution < 1.29 is 9.59 Å². The highest BCUT2D eigenvalue weighted by atomic mass is 16.2. The molecule has 28 heavy (non-hydrogen) atoms. The molecule has 0 aliphatic carbocycles. The Morgan fingerprint density at radius 3 is 2.25 bits per heavy atom. The average Bonchev–Trinajstić information content (AvgIpc) is 2.73. The molecule has 5 nitrogen and oxygen atoms in total. The second-order valence-electron chi connectivity index (χ2n) is 6.89. The minimum atomic E-state index is -0.191. The molecule has 150 valence electrons. The summed E-state index contributed by atoms with van der Waals surface area (Å²) in [7, 11) is 0. The van der Waals surface area contributed by atoms with E-state index in [-0.39, 0.29) is 18.0 Å². The molecule has 3 amide bonds.